The van der Waals surface area contributed by atoms with Crippen molar-refractivity contribution in [2.45, 2.75) is 89.5 Å². The third-order valence-corrected chi connectivity index (χ3v) is 23.7. The highest BCUT2D eigenvalue weighted by molar-refractivity contribution is 7.05. The molecule has 1 fully saturated rings. The highest BCUT2D eigenvalue weighted by atomic mass is 28.4. The summed E-state index contributed by atoms with van der Waals surface area (Å²) in [5, 5.41) is 0. The minimum absolute atomic E-state index is 0.180. The maximum atomic E-state index is 6.57. The minimum atomic E-state index is -1.41. The molecule has 1 aromatic rings. The molecule has 1 aliphatic rings. The van der Waals surface area contributed by atoms with Crippen molar-refractivity contribution in [2.24, 2.45) is 0 Å². The Labute approximate surface area is 172 Å². The van der Waals surface area contributed by atoms with Crippen LogP contribution in [0.4, 0.5) is 0 Å². The van der Waals surface area contributed by atoms with Gasteiger partial charge < -0.3 is 4.74 Å². The molecule has 0 aliphatic carbocycles. The van der Waals surface area contributed by atoms with Gasteiger partial charge >= 0.3 is 0 Å². The van der Waals surface area contributed by atoms with E-state index in [4.69, 9.17) is 4.74 Å². The summed E-state index contributed by atoms with van der Waals surface area (Å²) >= 11 is 0. The van der Waals surface area contributed by atoms with Gasteiger partial charge in [0.2, 0.25) is 0 Å². The molecule has 0 N–H and O–H groups in total. The number of hydrogen-bond acceptors (Lipinski definition) is 1. The molecular weight excluding hydrogens is 393 g/mol. The molecule has 1 nitrogen and oxygen atoms in total. The van der Waals surface area contributed by atoms with E-state index in [1.807, 2.05) is 0 Å². The van der Waals surface area contributed by atoms with Gasteiger partial charge in [0, 0.05) is 0 Å². The van der Waals surface area contributed by atoms with Crippen LogP contribution in [0.25, 0.3) is 6.08 Å². The molecule has 5 heteroatoms. The number of hydrogen-bond donors (Lipinski definition) is 0. The fraction of sp³-hybridized carbons (Fsp3) is 0.636. The van der Waals surface area contributed by atoms with E-state index in [1.54, 1.807) is 4.82 Å². The molecule has 1 atom stereocenters. The molecule has 1 unspecified atom stereocenters. The lowest BCUT2D eigenvalue weighted by molar-refractivity contribution is 0.381. The highest BCUT2D eigenvalue weighted by Crippen LogP contribution is 2.59. The van der Waals surface area contributed by atoms with E-state index in [-0.39, 0.29) is 4.85 Å². The third-order valence-electron chi connectivity index (χ3n) is 6.01. The molecule has 0 bridgehead atoms. The Hall–Kier alpha value is -0.212. The van der Waals surface area contributed by atoms with Gasteiger partial charge in [0.25, 0.3) is 0 Å². The van der Waals surface area contributed by atoms with Crippen molar-refractivity contribution in [3.63, 3.8) is 0 Å². The summed E-state index contributed by atoms with van der Waals surface area (Å²) in [7, 11) is -5.39. The van der Waals surface area contributed by atoms with Crippen LogP contribution >= 0.6 is 0 Å². The van der Waals surface area contributed by atoms with Crippen LogP contribution in [0.1, 0.15) is 17.2 Å². The normalized spacial score (nSPS) is 20.4. The van der Waals surface area contributed by atoms with Gasteiger partial charge in [0.15, 0.2) is 0 Å². The zero-order chi connectivity index (χ0) is 21.1. The summed E-state index contributed by atoms with van der Waals surface area (Å²) in [6, 6.07) is 9.34. The lowest BCUT2D eigenvalue weighted by Gasteiger charge is -2.36. The molecule has 0 spiro atoms. The maximum Gasteiger partial charge on any atom is 0.106 e. The van der Waals surface area contributed by atoms with E-state index in [2.05, 4.69) is 109 Å². The smallest absolute Gasteiger partial charge is 0.106 e. The molecule has 0 amide bonds. The van der Waals surface area contributed by atoms with Crippen molar-refractivity contribution >= 4 is 38.4 Å². The van der Waals surface area contributed by atoms with Crippen molar-refractivity contribution in [2.75, 3.05) is 0 Å². The predicted molar refractivity (Wildman–Crippen MR) is 134 cm³/mol. The highest BCUT2D eigenvalue weighted by Gasteiger charge is 2.70. The van der Waals surface area contributed by atoms with Gasteiger partial charge in [0.05, 0.1) is 37.1 Å². The summed E-state index contributed by atoms with van der Waals surface area (Å²) in [6.45, 7) is 29.8. The summed E-state index contributed by atoms with van der Waals surface area (Å²) in [6.07, 6.45) is 2.84. The minimum Gasteiger partial charge on any atom is -0.369 e. The average molecular weight is 435 g/mol. The molecule has 1 aromatic carbocycles. The van der Waals surface area contributed by atoms with Gasteiger partial charge in [-0.05, 0) is 11.1 Å². The molecular formula is C22H42OSi4. The third kappa shape index (κ3) is 4.52. The van der Waals surface area contributed by atoms with Crippen LogP contribution in [0.15, 0.2) is 29.1 Å². The molecule has 2 rings (SSSR count). The number of epoxide rings is 1. The largest absolute Gasteiger partial charge is 0.369 e. The first-order valence-electron chi connectivity index (χ1n) is 10.4. The second-order valence-corrected chi connectivity index (χ2v) is 34.0. The number of benzene rings is 1. The molecule has 1 aliphatic heterocycles. The zero-order valence-corrected chi connectivity index (χ0v) is 23.9. The van der Waals surface area contributed by atoms with Crippen LogP contribution in [0.2, 0.25) is 78.6 Å². The van der Waals surface area contributed by atoms with Crippen molar-refractivity contribution in [3.8, 4) is 0 Å². The Bertz CT molecular complexity index is 677. The van der Waals surface area contributed by atoms with Gasteiger partial charge in [-0.1, -0.05) is 114 Å². The van der Waals surface area contributed by atoms with Gasteiger partial charge in [-0.3, -0.25) is 0 Å². The first-order valence-corrected chi connectivity index (χ1v) is 24.4. The lowest BCUT2D eigenvalue weighted by atomic mass is 10.1. The van der Waals surface area contributed by atoms with Crippen molar-refractivity contribution in [3.05, 3.63) is 40.2 Å². The van der Waals surface area contributed by atoms with E-state index in [1.165, 1.54) is 11.1 Å². The average Bonchev–Trinajstić information content (AvgIpc) is 3.19. The Morgan fingerprint density at radius 1 is 0.741 bits per heavy atom. The van der Waals surface area contributed by atoms with Gasteiger partial charge in [-0.2, -0.15) is 0 Å². The Morgan fingerprint density at radius 2 is 1.15 bits per heavy atom. The molecule has 27 heavy (non-hydrogen) atoms. The van der Waals surface area contributed by atoms with Gasteiger partial charge in [-0.15, -0.1) is 0 Å². The SMILES string of the molecule is C[Si](C)(C)C(=Cc1ccc(C2OC2([Si](C)(C)C)[Si](C)(C)C)cc1)[Si](C)(C)C. The first-order chi connectivity index (χ1) is 11.9. The number of ether oxygens (including phenoxy) is 1. The fourth-order valence-electron chi connectivity index (χ4n) is 5.21. The fourth-order valence-corrected chi connectivity index (χ4v) is 27.3. The quantitative estimate of drug-likeness (QED) is 0.336. The van der Waals surface area contributed by atoms with Crippen molar-refractivity contribution in [1.82, 2.24) is 0 Å². The molecule has 1 saturated heterocycles. The lowest BCUT2D eigenvalue weighted by Crippen LogP contribution is -2.58. The first kappa shape index (κ1) is 23.1. The van der Waals surface area contributed by atoms with E-state index >= 15 is 0 Å². The Balaban J connectivity index is 2.36. The second-order valence-electron chi connectivity index (χ2n) is 12.5. The zero-order valence-electron chi connectivity index (χ0n) is 19.9. The predicted octanol–water partition coefficient (Wildman–Crippen LogP) is 7.39. The molecule has 152 valence electrons. The van der Waals surface area contributed by atoms with Crippen LogP contribution < -0.4 is 0 Å². The van der Waals surface area contributed by atoms with Crippen molar-refractivity contribution < 1.29 is 4.74 Å². The summed E-state index contributed by atoms with van der Waals surface area (Å²) in [4.78, 5) is 1.95. The van der Waals surface area contributed by atoms with Gasteiger partial charge in [0.1, 0.15) is 6.10 Å². The second kappa shape index (κ2) is 6.94. The molecule has 0 aromatic heterocycles. The van der Waals surface area contributed by atoms with E-state index in [0.29, 0.717) is 6.10 Å². The molecule has 0 radical (unpaired) electrons. The van der Waals surface area contributed by atoms with Crippen LogP contribution in [0, 0.1) is 0 Å². The summed E-state index contributed by atoms with van der Waals surface area (Å²) in [5.41, 5.74) is 2.76. The van der Waals surface area contributed by atoms with E-state index in [0.717, 1.165) is 0 Å². The molecule has 1 heterocycles. The van der Waals surface area contributed by atoms with E-state index in [9.17, 15) is 0 Å². The van der Waals surface area contributed by atoms with Crippen LogP contribution in [0.5, 0.6) is 0 Å². The summed E-state index contributed by atoms with van der Waals surface area (Å²) in [5.74, 6) is 0. The van der Waals surface area contributed by atoms with Crippen molar-refractivity contribution in [1.29, 1.82) is 0 Å². The Kier molecular flexibility index (Phi) is 5.93. The van der Waals surface area contributed by atoms with Crippen LogP contribution in [-0.2, 0) is 4.74 Å². The monoisotopic (exact) mass is 434 g/mol. The topological polar surface area (TPSA) is 12.5 Å². The van der Waals surface area contributed by atoms with Gasteiger partial charge in [-0.25, -0.2) is 0 Å². The Morgan fingerprint density at radius 3 is 1.44 bits per heavy atom. The van der Waals surface area contributed by atoms with Crippen LogP contribution in [0.3, 0.4) is 0 Å². The standard InChI is InChI=1S/C22H42OSi4/c1-24(2,3)20(25(4,5)6)17-18-13-15-19(16-14-18)21-22(23-21,26(7,8)9)27(10,11)12/h13-17,21H,1-12H3. The number of rotatable bonds is 6. The van der Waals surface area contributed by atoms with Crippen LogP contribution in [-0.4, -0.2) is 37.1 Å². The maximum absolute atomic E-state index is 6.57. The summed E-state index contributed by atoms with van der Waals surface area (Å²) < 4.78 is 6.57. The van der Waals surface area contributed by atoms with E-state index < -0.39 is 32.3 Å². The molecule has 0 saturated carbocycles.